The van der Waals surface area contributed by atoms with Gasteiger partial charge in [0.2, 0.25) is 0 Å². The van der Waals surface area contributed by atoms with Gasteiger partial charge >= 0.3 is 225 Å². The van der Waals surface area contributed by atoms with Crippen LogP contribution >= 0.6 is 0 Å². The predicted octanol–water partition coefficient (Wildman–Crippen LogP) is 9.89. The summed E-state index contributed by atoms with van der Waals surface area (Å²) in [5, 5.41) is 0. The summed E-state index contributed by atoms with van der Waals surface area (Å²) in [4.78, 5) is 25.6. The Kier molecular flexibility index (Phi) is 22.7. The van der Waals surface area contributed by atoms with E-state index in [0.717, 1.165) is 72.1 Å². The maximum absolute atomic E-state index is 12.8. The van der Waals surface area contributed by atoms with E-state index < -0.39 is 19.2 Å². The van der Waals surface area contributed by atoms with E-state index >= 15 is 0 Å². The van der Waals surface area contributed by atoms with Crippen LogP contribution in [0.3, 0.4) is 0 Å². The number of carbonyl (C=O) groups excluding carboxylic acids is 2. The second-order valence-corrected chi connectivity index (χ2v) is 20.7. The Morgan fingerprint density at radius 1 is 0.543 bits per heavy atom. The second-order valence-electron chi connectivity index (χ2n) is 11.5. The van der Waals surface area contributed by atoms with Gasteiger partial charge in [-0.3, -0.25) is 0 Å². The first-order valence-electron chi connectivity index (χ1n) is 15.2. The van der Waals surface area contributed by atoms with Crippen LogP contribution in [0.5, 0.6) is 0 Å². The van der Waals surface area contributed by atoms with Gasteiger partial charge in [0, 0.05) is 0 Å². The van der Waals surface area contributed by atoms with Crippen LogP contribution in [-0.2, 0) is 15.7 Å². The zero-order valence-corrected chi connectivity index (χ0v) is 27.3. The average Bonchev–Trinajstić information content (AvgIpc) is 2.79. The molecule has 0 heterocycles. The number of unbranched alkanes of at least 4 members (excludes halogenated alkanes) is 10. The normalized spacial score (nSPS) is 11.9. The molecule has 0 fully saturated rings. The fourth-order valence-electron chi connectivity index (χ4n) is 4.46. The van der Waals surface area contributed by atoms with Gasteiger partial charge in [0.1, 0.15) is 0 Å². The first-order valence-corrected chi connectivity index (χ1v) is 21.5. The van der Waals surface area contributed by atoms with Crippen LogP contribution in [0.1, 0.15) is 157 Å². The van der Waals surface area contributed by atoms with Gasteiger partial charge < -0.3 is 0 Å². The molecule has 0 atom stereocenters. The van der Waals surface area contributed by atoms with E-state index in [4.69, 9.17) is 6.15 Å². The van der Waals surface area contributed by atoms with Crippen molar-refractivity contribution in [2.45, 2.75) is 166 Å². The Morgan fingerprint density at radius 3 is 1.23 bits per heavy atom. The van der Waals surface area contributed by atoms with Gasteiger partial charge in [0.15, 0.2) is 0 Å². The SMILES string of the molecule is CCC[CH2][Sn]([CH2]CCC)([O]C(=O)CCCCCCCC(C)C)[O]C(=O)CCCCCCCC(C)C. The van der Waals surface area contributed by atoms with Crippen molar-refractivity contribution in [3.63, 3.8) is 0 Å². The third-order valence-corrected chi connectivity index (χ3v) is 16.5. The topological polar surface area (TPSA) is 52.6 Å². The zero-order chi connectivity index (χ0) is 26.4. The van der Waals surface area contributed by atoms with Crippen molar-refractivity contribution in [1.29, 1.82) is 0 Å². The van der Waals surface area contributed by atoms with Crippen molar-refractivity contribution in [1.82, 2.24) is 0 Å². The number of hydrogen-bond donors (Lipinski definition) is 0. The molecule has 0 saturated heterocycles. The van der Waals surface area contributed by atoms with Crippen molar-refractivity contribution >= 4 is 31.1 Å². The molecular weight excluding hydrogens is 543 g/mol. The minimum atomic E-state index is -3.76. The van der Waals surface area contributed by atoms with E-state index in [9.17, 15) is 9.59 Å². The monoisotopic (exact) mass is 604 g/mol. The summed E-state index contributed by atoms with van der Waals surface area (Å²) in [6.45, 7) is 13.4. The van der Waals surface area contributed by atoms with Crippen LogP contribution in [0, 0.1) is 11.8 Å². The summed E-state index contributed by atoms with van der Waals surface area (Å²) in [6.07, 6.45) is 18.9. The molecular formula is C30H60O4Sn. The molecule has 0 N–H and O–H groups in total. The summed E-state index contributed by atoms with van der Waals surface area (Å²) in [7, 11) is 0. The van der Waals surface area contributed by atoms with Crippen molar-refractivity contribution in [3.05, 3.63) is 0 Å². The van der Waals surface area contributed by atoms with Crippen LogP contribution in [-0.4, -0.2) is 31.1 Å². The van der Waals surface area contributed by atoms with E-state index in [1.165, 1.54) is 51.4 Å². The van der Waals surface area contributed by atoms with E-state index in [1.54, 1.807) is 0 Å². The van der Waals surface area contributed by atoms with Gasteiger partial charge in [0.25, 0.3) is 0 Å². The third-order valence-electron chi connectivity index (χ3n) is 6.75. The Bertz CT molecular complexity index is 472. The van der Waals surface area contributed by atoms with Crippen LogP contribution in [0.4, 0.5) is 0 Å². The second kappa shape index (κ2) is 22.9. The summed E-state index contributed by atoms with van der Waals surface area (Å²) in [5.74, 6) is 1.31. The molecule has 0 aromatic heterocycles. The van der Waals surface area contributed by atoms with Crippen LogP contribution in [0.2, 0.25) is 8.87 Å². The van der Waals surface area contributed by atoms with Crippen molar-refractivity contribution in [3.8, 4) is 0 Å². The molecule has 0 rings (SSSR count). The molecule has 0 aliphatic heterocycles. The van der Waals surface area contributed by atoms with Crippen molar-refractivity contribution in [2.75, 3.05) is 0 Å². The van der Waals surface area contributed by atoms with Crippen LogP contribution in [0.25, 0.3) is 0 Å². The van der Waals surface area contributed by atoms with E-state index in [-0.39, 0.29) is 11.9 Å². The van der Waals surface area contributed by atoms with Crippen LogP contribution < -0.4 is 0 Å². The average molecular weight is 604 g/mol. The van der Waals surface area contributed by atoms with Crippen LogP contribution in [0.15, 0.2) is 0 Å². The first kappa shape index (κ1) is 34.7. The predicted molar refractivity (Wildman–Crippen MR) is 152 cm³/mol. The fourth-order valence-corrected chi connectivity index (χ4v) is 14.5. The van der Waals surface area contributed by atoms with Gasteiger partial charge in [-0.1, -0.05) is 0 Å². The Morgan fingerprint density at radius 2 is 0.886 bits per heavy atom. The van der Waals surface area contributed by atoms with Gasteiger partial charge in [-0.2, -0.15) is 0 Å². The summed E-state index contributed by atoms with van der Waals surface area (Å²) in [5.41, 5.74) is 0. The molecule has 35 heavy (non-hydrogen) atoms. The van der Waals surface area contributed by atoms with Gasteiger partial charge in [-0.15, -0.1) is 0 Å². The van der Waals surface area contributed by atoms with E-state index in [0.29, 0.717) is 12.8 Å². The Labute approximate surface area is 224 Å². The first-order chi connectivity index (χ1) is 16.7. The van der Waals surface area contributed by atoms with E-state index in [1.807, 2.05) is 0 Å². The zero-order valence-electron chi connectivity index (χ0n) is 24.4. The Hall–Kier alpha value is -0.261. The fraction of sp³-hybridized carbons (Fsp3) is 0.933. The summed E-state index contributed by atoms with van der Waals surface area (Å²) in [6, 6.07) is 0. The molecule has 0 bridgehead atoms. The number of carbonyl (C=O) groups is 2. The minimum absolute atomic E-state index is 0.117. The molecule has 0 aromatic rings. The molecule has 5 heteroatoms. The molecule has 0 unspecified atom stereocenters. The van der Waals surface area contributed by atoms with Gasteiger partial charge in [-0.05, 0) is 0 Å². The molecule has 0 aliphatic carbocycles. The van der Waals surface area contributed by atoms with Gasteiger partial charge in [0.05, 0.1) is 0 Å². The molecule has 208 valence electrons. The van der Waals surface area contributed by atoms with E-state index in [2.05, 4.69) is 41.5 Å². The maximum atomic E-state index is 12.8. The quantitative estimate of drug-likeness (QED) is 0.0814. The van der Waals surface area contributed by atoms with Crippen molar-refractivity contribution in [2.24, 2.45) is 11.8 Å². The Balaban J connectivity index is 4.61. The summed E-state index contributed by atoms with van der Waals surface area (Å²) >= 11 is -3.76. The molecule has 0 aliphatic rings. The molecule has 0 radical (unpaired) electrons. The molecule has 0 aromatic carbocycles. The standard InChI is InChI=1S/2C11H22O2.2C4H9.Sn/c2*1-10(2)8-6-4-3-5-7-9-11(12)13;2*1-3-4-2;/h2*10H,3-9H2,1-2H3,(H,12,13);2*1,3-4H2,2H3;/q;;;;+2/p-2. The summed E-state index contributed by atoms with van der Waals surface area (Å²) < 4.78 is 14.0. The third kappa shape index (κ3) is 21.5. The van der Waals surface area contributed by atoms with Gasteiger partial charge in [-0.25, -0.2) is 0 Å². The number of rotatable bonds is 24. The number of hydrogen-bond acceptors (Lipinski definition) is 4. The molecule has 0 saturated carbocycles. The molecule has 0 amide bonds. The van der Waals surface area contributed by atoms with Crippen molar-refractivity contribution < 1.29 is 15.7 Å². The molecule has 4 nitrogen and oxygen atoms in total. The molecule has 0 spiro atoms.